The first kappa shape index (κ1) is 27.8. The van der Waals surface area contributed by atoms with Crippen LogP contribution >= 0.6 is 11.6 Å². The van der Waals surface area contributed by atoms with E-state index in [1.54, 1.807) is 35.4 Å². The molecule has 208 valence electrons. The number of ketones is 1. The zero-order chi connectivity index (χ0) is 28.2. The van der Waals surface area contributed by atoms with E-state index in [1.165, 1.54) is 12.5 Å². The van der Waals surface area contributed by atoms with Gasteiger partial charge < -0.3 is 15.1 Å². The highest BCUT2D eigenvalue weighted by Crippen LogP contribution is 2.23. The van der Waals surface area contributed by atoms with Crippen LogP contribution in [0.25, 0.3) is 0 Å². The van der Waals surface area contributed by atoms with Gasteiger partial charge in [0, 0.05) is 50.4 Å². The first-order valence-electron chi connectivity index (χ1n) is 13.6. The summed E-state index contributed by atoms with van der Waals surface area (Å²) >= 11 is 6.09. The second-order valence-corrected chi connectivity index (χ2v) is 11.0. The van der Waals surface area contributed by atoms with Gasteiger partial charge in [0.2, 0.25) is 11.8 Å². The van der Waals surface area contributed by atoms with E-state index < -0.39 is 6.04 Å². The minimum Gasteiger partial charge on any atom is -0.352 e. The Morgan fingerprint density at radius 1 is 0.975 bits per heavy atom. The Kier molecular flexibility index (Phi) is 8.47. The van der Waals surface area contributed by atoms with Crippen molar-refractivity contribution in [1.29, 1.82) is 0 Å². The maximum atomic E-state index is 13.9. The third-order valence-electron chi connectivity index (χ3n) is 7.81. The van der Waals surface area contributed by atoms with E-state index in [1.807, 2.05) is 41.1 Å². The average Bonchev–Trinajstić information content (AvgIpc) is 2.97. The Hall–Kier alpha value is -3.75. The highest BCUT2D eigenvalue weighted by atomic mass is 35.5. The molecule has 3 aromatic rings. The van der Waals surface area contributed by atoms with Crippen molar-refractivity contribution in [3.8, 4) is 0 Å². The number of carbonyl (C=O) groups is 3. The summed E-state index contributed by atoms with van der Waals surface area (Å²) in [5, 5.41) is 3.72. The summed E-state index contributed by atoms with van der Waals surface area (Å²) in [6.07, 6.45) is 2.64. The average molecular weight is 560 g/mol. The summed E-state index contributed by atoms with van der Waals surface area (Å²) in [4.78, 5) is 49.9. The van der Waals surface area contributed by atoms with Crippen LogP contribution < -0.4 is 10.2 Å². The molecule has 2 amide bonds. The van der Waals surface area contributed by atoms with Crippen molar-refractivity contribution in [1.82, 2.24) is 20.1 Å². The van der Waals surface area contributed by atoms with Crippen LogP contribution in [0.2, 0.25) is 5.02 Å². The number of rotatable bonds is 7. The van der Waals surface area contributed by atoms with Crippen LogP contribution in [0.5, 0.6) is 0 Å². The molecule has 5 rings (SSSR count). The molecule has 8 nitrogen and oxygen atoms in total. The lowest BCUT2D eigenvalue weighted by atomic mass is 9.93. The van der Waals surface area contributed by atoms with E-state index in [0.717, 1.165) is 11.1 Å². The molecule has 0 spiro atoms. The van der Waals surface area contributed by atoms with Gasteiger partial charge in [-0.05, 0) is 61.3 Å². The number of pyridine rings is 1. The number of piperazine rings is 1. The van der Waals surface area contributed by atoms with Gasteiger partial charge in [0.25, 0.3) is 0 Å². The topological polar surface area (TPSA) is 85.9 Å². The first-order chi connectivity index (χ1) is 19.3. The summed E-state index contributed by atoms with van der Waals surface area (Å²) in [6, 6.07) is 18.0. The van der Waals surface area contributed by atoms with Crippen molar-refractivity contribution in [2.45, 2.75) is 38.4 Å². The Bertz CT molecular complexity index is 1390. The van der Waals surface area contributed by atoms with Gasteiger partial charge in [-0.1, -0.05) is 48.0 Å². The molecular weight excluding hydrogens is 526 g/mol. The Balaban J connectivity index is 1.30. The van der Waals surface area contributed by atoms with E-state index in [-0.39, 0.29) is 23.6 Å². The van der Waals surface area contributed by atoms with Crippen molar-refractivity contribution in [2.75, 3.05) is 38.1 Å². The molecule has 0 saturated carbocycles. The van der Waals surface area contributed by atoms with E-state index >= 15 is 0 Å². The van der Waals surface area contributed by atoms with Gasteiger partial charge in [-0.25, -0.2) is 4.98 Å². The summed E-state index contributed by atoms with van der Waals surface area (Å²) in [5.41, 5.74) is 3.88. The van der Waals surface area contributed by atoms with Gasteiger partial charge in [-0.2, -0.15) is 0 Å². The zero-order valence-corrected chi connectivity index (χ0v) is 23.6. The Morgan fingerprint density at radius 3 is 2.38 bits per heavy atom. The Morgan fingerprint density at radius 2 is 1.68 bits per heavy atom. The molecule has 2 aromatic carbocycles. The number of hydrogen-bond donors (Lipinski definition) is 1. The second kappa shape index (κ2) is 12.2. The number of hydrogen-bond acceptors (Lipinski definition) is 6. The summed E-state index contributed by atoms with van der Waals surface area (Å²) in [6.45, 7) is 4.25. The number of halogens is 1. The number of fused-ring (bicyclic) bond motifs is 1. The molecule has 9 heteroatoms. The van der Waals surface area contributed by atoms with Gasteiger partial charge in [0.05, 0.1) is 11.6 Å². The predicted octanol–water partition coefficient (Wildman–Crippen LogP) is 3.37. The number of benzene rings is 2. The third kappa shape index (κ3) is 6.18. The van der Waals surface area contributed by atoms with E-state index in [0.29, 0.717) is 62.0 Å². The summed E-state index contributed by atoms with van der Waals surface area (Å²) < 4.78 is 0. The molecule has 1 aromatic heterocycles. The highest BCUT2D eigenvalue weighted by Gasteiger charge is 2.34. The van der Waals surface area contributed by atoms with E-state index in [4.69, 9.17) is 11.6 Å². The molecule has 2 aliphatic rings. The van der Waals surface area contributed by atoms with Gasteiger partial charge in [0.1, 0.15) is 11.9 Å². The minimum atomic E-state index is -0.714. The molecule has 1 fully saturated rings. The Labute approximate surface area is 239 Å². The third-order valence-corrected chi connectivity index (χ3v) is 8.06. The molecule has 2 atom stereocenters. The molecule has 1 saturated heterocycles. The highest BCUT2D eigenvalue weighted by molar-refractivity contribution is 6.30. The van der Waals surface area contributed by atoms with Crippen molar-refractivity contribution in [3.63, 3.8) is 0 Å². The number of likely N-dealkylation sites (N-methyl/N-ethyl adjacent to an activating group) is 1. The number of nitrogens with zero attached hydrogens (tertiary/aromatic N) is 4. The van der Waals surface area contributed by atoms with Crippen LogP contribution in [0.1, 0.15) is 34.0 Å². The van der Waals surface area contributed by atoms with Crippen LogP contribution in [0.3, 0.4) is 0 Å². The van der Waals surface area contributed by atoms with Crippen molar-refractivity contribution in [3.05, 3.63) is 94.1 Å². The summed E-state index contributed by atoms with van der Waals surface area (Å²) in [5.74, 6) is 0.341. The molecule has 0 aliphatic carbocycles. The molecular formula is C31H34ClN5O3. The largest absolute Gasteiger partial charge is 0.352 e. The van der Waals surface area contributed by atoms with Gasteiger partial charge in [-0.15, -0.1) is 0 Å². The zero-order valence-electron chi connectivity index (χ0n) is 22.8. The van der Waals surface area contributed by atoms with Crippen molar-refractivity contribution in [2.24, 2.45) is 0 Å². The quantitative estimate of drug-likeness (QED) is 0.447. The smallest absolute Gasteiger partial charge is 0.245 e. The van der Waals surface area contributed by atoms with E-state index in [9.17, 15) is 14.4 Å². The van der Waals surface area contributed by atoms with Crippen molar-refractivity contribution >= 4 is 35.0 Å². The van der Waals surface area contributed by atoms with Crippen LogP contribution in [-0.2, 0) is 29.0 Å². The normalized spacial score (nSPS) is 18.1. The number of carbonyl (C=O) groups excluding carboxylic acids is 3. The first-order valence-corrected chi connectivity index (χ1v) is 14.0. The molecule has 3 heterocycles. The summed E-state index contributed by atoms with van der Waals surface area (Å²) in [7, 11) is 1.95. The number of Topliss-reactive ketones (excluding diaryl/α,β-unsaturated/α-hetero) is 1. The number of aromatic nitrogens is 1. The van der Waals surface area contributed by atoms with Gasteiger partial charge in [0.15, 0.2) is 5.78 Å². The lowest BCUT2D eigenvalue weighted by molar-refractivity contribution is -0.138. The molecule has 2 unspecified atom stereocenters. The number of amides is 2. The fourth-order valence-electron chi connectivity index (χ4n) is 5.55. The molecule has 2 aliphatic heterocycles. The lowest BCUT2D eigenvalue weighted by Gasteiger charge is -2.38. The lowest BCUT2D eigenvalue weighted by Crippen LogP contribution is -2.58. The standard InChI is InChI=1S/C31H34ClN5O3/c1-21(38)26-8-5-13-33-29(26)36-14-16-37(17-15-36)31(40)27(18-22-9-11-25(32)12-10-22)34-30(39)28-19-23-6-3-4-7-24(23)20-35(28)2/h3-13,27-28H,14-20H2,1-2H3,(H,34,39). The fraction of sp³-hybridized carbons (Fsp3) is 0.355. The second-order valence-electron chi connectivity index (χ2n) is 10.5. The molecule has 40 heavy (non-hydrogen) atoms. The maximum Gasteiger partial charge on any atom is 0.245 e. The fourth-order valence-corrected chi connectivity index (χ4v) is 5.68. The van der Waals surface area contributed by atoms with Crippen LogP contribution in [-0.4, -0.2) is 77.7 Å². The van der Waals surface area contributed by atoms with Gasteiger partial charge in [-0.3, -0.25) is 19.3 Å². The SMILES string of the molecule is CC(=O)c1cccnc1N1CCN(C(=O)C(Cc2ccc(Cl)cc2)NC(=O)C2Cc3ccccc3CN2C)CC1. The number of nitrogens with one attached hydrogen (secondary N) is 1. The van der Waals surface area contributed by atoms with Crippen LogP contribution in [0.15, 0.2) is 66.9 Å². The van der Waals surface area contributed by atoms with Crippen LogP contribution in [0, 0.1) is 0 Å². The molecule has 0 bridgehead atoms. The van der Waals surface area contributed by atoms with Crippen LogP contribution in [0.4, 0.5) is 5.82 Å². The maximum absolute atomic E-state index is 13.9. The predicted molar refractivity (Wildman–Crippen MR) is 156 cm³/mol. The van der Waals surface area contributed by atoms with E-state index in [2.05, 4.69) is 22.4 Å². The molecule has 0 radical (unpaired) electrons. The number of anilines is 1. The molecule has 1 N–H and O–H groups in total. The minimum absolute atomic E-state index is 0.0392. The monoisotopic (exact) mass is 559 g/mol. The van der Waals surface area contributed by atoms with Gasteiger partial charge >= 0.3 is 0 Å². The van der Waals surface area contributed by atoms with Crippen molar-refractivity contribution < 1.29 is 14.4 Å².